The fraction of sp³-hybridized carbons (Fsp3) is 0.304. The van der Waals surface area contributed by atoms with Crippen LogP contribution in [0.2, 0.25) is 0 Å². The van der Waals surface area contributed by atoms with Gasteiger partial charge in [-0.1, -0.05) is 24.3 Å². The molecule has 0 unspecified atom stereocenters. The van der Waals surface area contributed by atoms with Gasteiger partial charge in [-0.25, -0.2) is 24.2 Å². The first kappa shape index (κ1) is 19.9. The minimum absolute atomic E-state index is 0.0620. The molecule has 1 aromatic heterocycles. The first-order chi connectivity index (χ1) is 13.8. The summed E-state index contributed by atoms with van der Waals surface area (Å²) in [4.78, 5) is 18.7. The van der Waals surface area contributed by atoms with Gasteiger partial charge in [0.05, 0.1) is 16.8 Å². The van der Waals surface area contributed by atoms with Gasteiger partial charge in [-0.05, 0) is 53.8 Å². The molecule has 0 spiro atoms. The highest BCUT2D eigenvalue weighted by atomic mass is 32.3. The highest BCUT2D eigenvalue weighted by Crippen LogP contribution is 2.41. The zero-order valence-corrected chi connectivity index (χ0v) is 17.5. The molecule has 1 saturated heterocycles. The Morgan fingerprint density at radius 2 is 1.79 bits per heavy atom. The molecule has 1 aliphatic rings. The molecule has 152 valence electrons. The van der Waals surface area contributed by atoms with Gasteiger partial charge in [0, 0.05) is 30.6 Å². The zero-order valence-electron chi connectivity index (χ0n) is 16.7. The average Bonchev–Trinajstić information content (AvgIpc) is 2.69. The molecule has 1 fully saturated rings. The minimum atomic E-state index is -1.09. The van der Waals surface area contributed by atoms with Crippen LogP contribution in [0.1, 0.15) is 15.9 Å². The lowest BCUT2D eigenvalue weighted by atomic mass is 10.0. The fourth-order valence-corrected chi connectivity index (χ4v) is 5.40. The Hall–Kier alpha value is -2.44. The van der Waals surface area contributed by atoms with Gasteiger partial charge in [0.1, 0.15) is 5.82 Å². The van der Waals surface area contributed by atoms with Crippen molar-refractivity contribution in [1.29, 1.82) is 0 Å². The Kier molecular flexibility index (Phi) is 5.32. The molecule has 0 saturated carbocycles. The molecule has 4 nitrogen and oxygen atoms in total. The average molecular weight is 413 g/mol. The van der Waals surface area contributed by atoms with Crippen molar-refractivity contribution in [3.63, 3.8) is 0 Å². The highest BCUT2D eigenvalue weighted by Gasteiger charge is 2.21. The summed E-state index contributed by atoms with van der Waals surface area (Å²) < 4.78 is 13.6. The van der Waals surface area contributed by atoms with E-state index < -0.39 is 21.8 Å². The summed E-state index contributed by atoms with van der Waals surface area (Å²) in [6.07, 6.45) is 4.82. The SMILES string of the molecule is CS1(C)CCN(Cc2ccc(-c3cc(C(=O)O)c4cc(F)ccc4n3)cc2)CC1. The Labute approximate surface area is 171 Å². The molecule has 29 heavy (non-hydrogen) atoms. The van der Waals surface area contributed by atoms with Crippen molar-refractivity contribution in [3.05, 3.63) is 65.5 Å². The molecule has 0 atom stereocenters. The van der Waals surface area contributed by atoms with E-state index in [2.05, 4.69) is 34.5 Å². The molecule has 1 aliphatic heterocycles. The van der Waals surface area contributed by atoms with Crippen LogP contribution in [0.4, 0.5) is 4.39 Å². The smallest absolute Gasteiger partial charge is 0.336 e. The lowest BCUT2D eigenvalue weighted by molar-refractivity contribution is 0.0699. The van der Waals surface area contributed by atoms with E-state index in [1.165, 1.54) is 41.3 Å². The second kappa shape index (κ2) is 7.76. The first-order valence-corrected chi connectivity index (χ1v) is 12.4. The highest BCUT2D eigenvalue weighted by molar-refractivity contribution is 8.32. The molecule has 3 aromatic rings. The Bertz CT molecular complexity index is 1060. The predicted octanol–water partition coefficient (Wildman–Crippen LogP) is 4.62. The summed E-state index contributed by atoms with van der Waals surface area (Å²) in [6, 6.07) is 13.7. The topological polar surface area (TPSA) is 53.4 Å². The molecular formula is C23H25FN2O2S. The number of hydrogen-bond donors (Lipinski definition) is 1. The van der Waals surface area contributed by atoms with Crippen LogP contribution < -0.4 is 0 Å². The summed E-state index contributed by atoms with van der Waals surface area (Å²) in [5.41, 5.74) is 3.21. The van der Waals surface area contributed by atoms with Gasteiger partial charge >= 0.3 is 5.97 Å². The van der Waals surface area contributed by atoms with Crippen molar-refractivity contribution in [2.24, 2.45) is 0 Å². The van der Waals surface area contributed by atoms with E-state index in [-0.39, 0.29) is 5.56 Å². The van der Waals surface area contributed by atoms with E-state index >= 15 is 0 Å². The van der Waals surface area contributed by atoms with Gasteiger partial charge in [-0.3, -0.25) is 4.90 Å². The van der Waals surface area contributed by atoms with Gasteiger partial charge in [-0.2, -0.15) is 0 Å². The normalized spacial score (nSPS) is 17.9. The van der Waals surface area contributed by atoms with E-state index in [1.807, 2.05) is 12.1 Å². The maximum atomic E-state index is 13.6. The maximum absolute atomic E-state index is 13.6. The number of carboxylic acids is 1. The summed E-state index contributed by atoms with van der Waals surface area (Å²) in [5.74, 6) is 1.03. The largest absolute Gasteiger partial charge is 0.478 e. The number of benzene rings is 2. The van der Waals surface area contributed by atoms with Crippen molar-refractivity contribution in [1.82, 2.24) is 9.88 Å². The number of carboxylic acid groups (broad SMARTS) is 1. The van der Waals surface area contributed by atoms with Crippen LogP contribution >= 0.6 is 10.0 Å². The van der Waals surface area contributed by atoms with Gasteiger partial charge < -0.3 is 5.11 Å². The molecule has 0 bridgehead atoms. The predicted molar refractivity (Wildman–Crippen MR) is 119 cm³/mol. The Morgan fingerprint density at radius 1 is 1.10 bits per heavy atom. The number of halogens is 1. The van der Waals surface area contributed by atoms with Gasteiger partial charge in [-0.15, -0.1) is 0 Å². The summed E-state index contributed by atoms with van der Waals surface area (Å²) in [6.45, 7) is 3.23. The van der Waals surface area contributed by atoms with E-state index in [0.717, 1.165) is 25.2 Å². The van der Waals surface area contributed by atoms with E-state index in [0.29, 0.717) is 16.6 Å². The molecule has 6 heteroatoms. The number of aromatic carboxylic acids is 1. The maximum Gasteiger partial charge on any atom is 0.336 e. The molecule has 1 N–H and O–H groups in total. The van der Waals surface area contributed by atoms with Crippen molar-refractivity contribution in [3.8, 4) is 11.3 Å². The number of aromatic nitrogens is 1. The Balaban J connectivity index is 1.58. The molecule has 2 aromatic carbocycles. The third kappa shape index (κ3) is 4.43. The third-order valence-electron chi connectivity index (χ3n) is 5.58. The number of carbonyl (C=O) groups is 1. The molecule has 4 rings (SSSR count). The quantitative estimate of drug-likeness (QED) is 0.679. The van der Waals surface area contributed by atoms with Crippen LogP contribution in [0.5, 0.6) is 0 Å². The summed E-state index contributed by atoms with van der Waals surface area (Å²) in [5, 5.41) is 9.87. The lowest BCUT2D eigenvalue weighted by Crippen LogP contribution is -2.37. The van der Waals surface area contributed by atoms with Crippen LogP contribution in [0.25, 0.3) is 22.2 Å². The second-order valence-corrected chi connectivity index (χ2v) is 12.5. The minimum Gasteiger partial charge on any atom is -0.478 e. The lowest BCUT2D eigenvalue weighted by Gasteiger charge is -2.41. The monoisotopic (exact) mass is 412 g/mol. The van der Waals surface area contributed by atoms with Crippen molar-refractivity contribution < 1.29 is 14.3 Å². The number of nitrogens with zero attached hydrogens (tertiary/aromatic N) is 2. The fourth-order valence-electron chi connectivity index (χ4n) is 3.69. The van der Waals surface area contributed by atoms with Crippen molar-refractivity contribution >= 4 is 26.9 Å². The number of hydrogen-bond acceptors (Lipinski definition) is 3. The Morgan fingerprint density at radius 3 is 2.45 bits per heavy atom. The number of rotatable bonds is 4. The zero-order chi connectivity index (χ0) is 20.6. The molecular weight excluding hydrogens is 387 g/mol. The van der Waals surface area contributed by atoms with Crippen LogP contribution in [-0.4, -0.2) is 58.1 Å². The first-order valence-electron chi connectivity index (χ1n) is 9.65. The molecule has 0 aliphatic carbocycles. The summed E-state index contributed by atoms with van der Waals surface area (Å²) in [7, 11) is -0.404. The third-order valence-corrected chi connectivity index (χ3v) is 8.15. The van der Waals surface area contributed by atoms with E-state index in [9.17, 15) is 14.3 Å². The number of fused-ring (bicyclic) bond motifs is 1. The van der Waals surface area contributed by atoms with Crippen molar-refractivity contribution in [2.45, 2.75) is 6.54 Å². The second-order valence-electron chi connectivity index (χ2n) is 8.17. The standard InChI is InChI=1S/C23H25FN2O2S/c1-29(2)11-9-26(10-12-29)15-16-3-5-17(6-4-16)22-14-20(23(27)28)19-13-18(24)7-8-21(19)25-22/h3-8,13-14H,9-12,15H2,1-2H3,(H,27,28). The summed E-state index contributed by atoms with van der Waals surface area (Å²) >= 11 is 0. The molecule has 0 amide bonds. The van der Waals surface area contributed by atoms with E-state index in [4.69, 9.17) is 0 Å². The van der Waals surface area contributed by atoms with Gasteiger partial charge in [0.25, 0.3) is 0 Å². The van der Waals surface area contributed by atoms with E-state index in [1.54, 1.807) is 0 Å². The van der Waals surface area contributed by atoms with Crippen LogP contribution in [0, 0.1) is 5.82 Å². The molecule has 2 heterocycles. The van der Waals surface area contributed by atoms with Crippen LogP contribution in [0.15, 0.2) is 48.5 Å². The molecule has 0 radical (unpaired) electrons. The van der Waals surface area contributed by atoms with Crippen LogP contribution in [-0.2, 0) is 6.54 Å². The van der Waals surface area contributed by atoms with Crippen LogP contribution in [0.3, 0.4) is 0 Å². The van der Waals surface area contributed by atoms with Gasteiger partial charge in [0.15, 0.2) is 0 Å². The number of pyridine rings is 1. The van der Waals surface area contributed by atoms with Gasteiger partial charge in [0.2, 0.25) is 0 Å². The van der Waals surface area contributed by atoms with Crippen molar-refractivity contribution in [2.75, 3.05) is 37.1 Å².